The minimum atomic E-state index is -0.222. The number of carbonyl (C=O) groups excluding carboxylic acids is 2. The molecule has 0 bridgehead atoms. The van der Waals surface area contributed by atoms with E-state index >= 15 is 0 Å². The first kappa shape index (κ1) is 13.1. The zero-order chi connectivity index (χ0) is 13.1. The van der Waals surface area contributed by atoms with Crippen LogP contribution in [0.25, 0.3) is 0 Å². The number of hydrogen-bond acceptors (Lipinski definition) is 2. The quantitative estimate of drug-likeness (QED) is 0.890. The number of halogens is 1. The molecule has 0 atom stereocenters. The van der Waals surface area contributed by atoms with Gasteiger partial charge in [0.1, 0.15) is 0 Å². The Morgan fingerprint density at radius 1 is 1.39 bits per heavy atom. The van der Waals surface area contributed by atoms with Crippen LogP contribution in [-0.4, -0.2) is 24.4 Å². The van der Waals surface area contributed by atoms with Crippen molar-refractivity contribution in [3.8, 4) is 0 Å². The van der Waals surface area contributed by atoms with Crippen molar-refractivity contribution in [1.29, 1.82) is 0 Å². The second-order valence-electron chi connectivity index (χ2n) is 4.44. The summed E-state index contributed by atoms with van der Waals surface area (Å²) in [6, 6.07) is 5.75. The van der Waals surface area contributed by atoms with E-state index in [0.717, 1.165) is 22.9 Å². The molecule has 0 spiro atoms. The Hall–Kier alpha value is -1.36. The molecule has 2 amide bonds. The van der Waals surface area contributed by atoms with Crippen LogP contribution < -0.4 is 10.6 Å². The van der Waals surface area contributed by atoms with Crippen LogP contribution in [0, 0.1) is 6.92 Å². The fourth-order valence-electron chi connectivity index (χ4n) is 1.62. The summed E-state index contributed by atoms with van der Waals surface area (Å²) in [6.07, 6.45) is 2.09. The molecular formula is C13H15BrN2O2. The fourth-order valence-corrected chi connectivity index (χ4v) is 1.98. The second-order valence-corrected chi connectivity index (χ2v) is 5.29. The van der Waals surface area contributed by atoms with Crippen LogP contribution in [0.2, 0.25) is 0 Å². The Morgan fingerprint density at radius 3 is 2.78 bits per heavy atom. The van der Waals surface area contributed by atoms with Crippen LogP contribution >= 0.6 is 15.9 Å². The van der Waals surface area contributed by atoms with Crippen molar-refractivity contribution in [1.82, 2.24) is 10.6 Å². The highest BCUT2D eigenvalue weighted by Gasteiger charge is 2.23. The van der Waals surface area contributed by atoms with E-state index in [4.69, 9.17) is 0 Å². The van der Waals surface area contributed by atoms with Crippen molar-refractivity contribution in [2.75, 3.05) is 6.54 Å². The second kappa shape index (κ2) is 5.52. The molecule has 1 aliphatic rings. The smallest absolute Gasteiger partial charge is 0.252 e. The van der Waals surface area contributed by atoms with Crippen LogP contribution in [0.3, 0.4) is 0 Å². The molecular weight excluding hydrogens is 296 g/mol. The zero-order valence-corrected chi connectivity index (χ0v) is 11.7. The molecule has 18 heavy (non-hydrogen) atoms. The molecule has 4 nitrogen and oxygen atoms in total. The molecule has 0 heterocycles. The number of hydrogen-bond donors (Lipinski definition) is 2. The number of benzene rings is 1. The van der Waals surface area contributed by atoms with Crippen molar-refractivity contribution >= 4 is 27.7 Å². The molecule has 2 rings (SSSR count). The van der Waals surface area contributed by atoms with Crippen LogP contribution in [-0.2, 0) is 4.79 Å². The Labute approximate surface area is 114 Å². The van der Waals surface area contributed by atoms with Crippen molar-refractivity contribution < 1.29 is 9.59 Å². The van der Waals surface area contributed by atoms with Gasteiger partial charge in [0.2, 0.25) is 5.91 Å². The molecule has 1 aromatic rings. The van der Waals surface area contributed by atoms with E-state index in [1.54, 1.807) is 12.1 Å². The largest absolute Gasteiger partial charge is 0.352 e. The number of amides is 2. The number of rotatable bonds is 4. The third-order valence-electron chi connectivity index (χ3n) is 2.86. The number of carbonyl (C=O) groups is 2. The maximum absolute atomic E-state index is 11.9. The Morgan fingerprint density at radius 2 is 2.11 bits per heavy atom. The maximum atomic E-state index is 11.9. The third kappa shape index (κ3) is 3.32. The standard InChI is InChI=1S/C13H15BrN2O2/c1-8-10(3-2-4-11(8)14)13(18)15-7-12(17)16-9-5-6-9/h2-4,9H,5-7H2,1H3,(H,15,18)(H,16,17). The summed E-state index contributed by atoms with van der Waals surface area (Å²) in [5, 5.41) is 5.45. The molecule has 1 aliphatic carbocycles. The first-order chi connectivity index (χ1) is 8.58. The minimum Gasteiger partial charge on any atom is -0.352 e. The summed E-state index contributed by atoms with van der Waals surface area (Å²) in [5.41, 5.74) is 1.46. The predicted octanol–water partition coefficient (Wildman–Crippen LogP) is 1.77. The zero-order valence-electron chi connectivity index (χ0n) is 10.1. The van der Waals surface area contributed by atoms with Gasteiger partial charge in [0.05, 0.1) is 6.54 Å². The van der Waals surface area contributed by atoms with Gasteiger partial charge in [-0.15, -0.1) is 0 Å². The van der Waals surface area contributed by atoms with Gasteiger partial charge in [0.15, 0.2) is 0 Å². The lowest BCUT2D eigenvalue weighted by atomic mass is 10.1. The summed E-state index contributed by atoms with van der Waals surface area (Å²) >= 11 is 3.38. The van der Waals surface area contributed by atoms with Crippen LogP contribution in [0.5, 0.6) is 0 Å². The average molecular weight is 311 g/mol. The van der Waals surface area contributed by atoms with Gasteiger partial charge in [-0.1, -0.05) is 22.0 Å². The highest BCUT2D eigenvalue weighted by molar-refractivity contribution is 9.10. The van der Waals surface area contributed by atoms with Gasteiger partial charge in [-0.2, -0.15) is 0 Å². The molecule has 2 N–H and O–H groups in total. The summed E-state index contributed by atoms with van der Waals surface area (Å²) < 4.78 is 0.887. The average Bonchev–Trinajstić information content (AvgIpc) is 3.13. The van der Waals surface area contributed by atoms with Crippen LogP contribution in [0.1, 0.15) is 28.8 Å². The third-order valence-corrected chi connectivity index (χ3v) is 3.72. The first-order valence-electron chi connectivity index (χ1n) is 5.90. The van der Waals surface area contributed by atoms with Crippen molar-refractivity contribution in [2.24, 2.45) is 0 Å². The van der Waals surface area contributed by atoms with Crippen molar-refractivity contribution in [3.63, 3.8) is 0 Å². The molecule has 0 radical (unpaired) electrons. The molecule has 0 aliphatic heterocycles. The highest BCUT2D eigenvalue weighted by atomic mass is 79.9. The molecule has 96 valence electrons. The van der Waals surface area contributed by atoms with E-state index < -0.39 is 0 Å². The summed E-state index contributed by atoms with van der Waals surface area (Å²) in [7, 11) is 0. The Balaban J connectivity index is 1.90. The van der Waals surface area contributed by atoms with E-state index in [-0.39, 0.29) is 18.4 Å². The lowest BCUT2D eigenvalue weighted by Gasteiger charge is -2.09. The monoisotopic (exact) mass is 310 g/mol. The normalized spacial score (nSPS) is 14.1. The van der Waals surface area contributed by atoms with Gasteiger partial charge >= 0.3 is 0 Å². The van der Waals surface area contributed by atoms with Crippen molar-refractivity contribution in [3.05, 3.63) is 33.8 Å². The lowest BCUT2D eigenvalue weighted by Crippen LogP contribution is -2.38. The van der Waals surface area contributed by atoms with Crippen molar-refractivity contribution in [2.45, 2.75) is 25.8 Å². The van der Waals surface area contributed by atoms with E-state index in [0.29, 0.717) is 11.6 Å². The first-order valence-corrected chi connectivity index (χ1v) is 6.70. The van der Waals surface area contributed by atoms with Gasteiger partial charge in [-0.25, -0.2) is 0 Å². The summed E-state index contributed by atoms with van der Waals surface area (Å²) in [5.74, 6) is -0.349. The Bertz CT molecular complexity index is 484. The van der Waals surface area contributed by atoms with E-state index in [1.807, 2.05) is 13.0 Å². The van der Waals surface area contributed by atoms with Crippen LogP contribution in [0.4, 0.5) is 0 Å². The Kier molecular flexibility index (Phi) is 4.01. The molecule has 0 unspecified atom stereocenters. The van der Waals surface area contributed by atoms with Gasteiger partial charge in [-0.3, -0.25) is 9.59 Å². The highest BCUT2D eigenvalue weighted by Crippen LogP contribution is 2.19. The SMILES string of the molecule is Cc1c(Br)cccc1C(=O)NCC(=O)NC1CC1. The molecule has 1 aromatic carbocycles. The van der Waals surface area contributed by atoms with E-state index in [1.165, 1.54) is 0 Å². The molecule has 5 heteroatoms. The molecule has 0 aromatic heterocycles. The summed E-state index contributed by atoms with van der Waals surface area (Å²) in [4.78, 5) is 23.4. The van der Waals surface area contributed by atoms with Crippen LogP contribution in [0.15, 0.2) is 22.7 Å². The summed E-state index contributed by atoms with van der Waals surface area (Å²) in [6.45, 7) is 1.89. The van der Waals surface area contributed by atoms with Gasteiger partial charge in [-0.05, 0) is 37.5 Å². The fraction of sp³-hybridized carbons (Fsp3) is 0.385. The predicted molar refractivity (Wildman–Crippen MR) is 72.4 cm³/mol. The van der Waals surface area contributed by atoms with E-state index in [2.05, 4.69) is 26.6 Å². The van der Waals surface area contributed by atoms with Gasteiger partial charge in [0.25, 0.3) is 5.91 Å². The van der Waals surface area contributed by atoms with Gasteiger partial charge in [0, 0.05) is 16.1 Å². The van der Waals surface area contributed by atoms with E-state index in [9.17, 15) is 9.59 Å². The molecule has 1 fully saturated rings. The topological polar surface area (TPSA) is 58.2 Å². The minimum absolute atomic E-state index is 0.0291. The van der Waals surface area contributed by atoms with Gasteiger partial charge < -0.3 is 10.6 Å². The molecule has 0 saturated heterocycles. The lowest BCUT2D eigenvalue weighted by molar-refractivity contribution is -0.120. The molecule has 1 saturated carbocycles. The number of nitrogens with one attached hydrogen (secondary N) is 2. The maximum Gasteiger partial charge on any atom is 0.252 e.